The van der Waals surface area contributed by atoms with Gasteiger partial charge in [-0.05, 0) is 39.0 Å². The van der Waals surface area contributed by atoms with Gasteiger partial charge in [-0.15, -0.1) is 0 Å². The van der Waals surface area contributed by atoms with Gasteiger partial charge >= 0.3 is 12.3 Å². The van der Waals surface area contributed by atoms with Crippen molar-refractivity contribution < 1.29 is 27.8 Å². The fourth-order valence-corrected chi connectivity index (χ4v) is 1.93. The predicted molar refractivity (Wildman–Crippen MR) is 70.2 cm³/mol. The standard InChI is InChI=1S/C14H14F3NO3/c1-13(2,3)21-12(20)18-9-5-4-6-10(19)8(9)7-11(18)14(15,16)17/h4-7,19H,1-3H3. The summed E-state index contributed by atoms with van der Waals surface area (Å²) in [5.41, 5.74) is -2.18. The molecule has 1 heterocycles. The number of ether oxygens (including phenoxy) is 1. The number of nitrogens with zero attached hydrogens (tertiary/aromatic N) is 1. The molecule has 0 saturated heterocycles. The highest BCUT2D eigenvalue weighted by atomic mass is 19.4. The highest BCUT2D eigenvalue weighted by Crippen LogP contribution is 2.37. The summed E-state index contributed by atoms with van der Waals surface area (Å²) in [6, 6.07) is 4.66. The minimum absolute atomic E-state index is 0.0587. The second-order valence-electron chi connectivity index (χ2n) is 5.55. The second kappa shape index (κ2) is 4.68. The van der Waals surface area contributed by atoms with Crippen molar-refractivity contribution in [1.82, 2.24) is 4.57 Å². The molecular formula is C14H14F3NO3. The van der Waals surface area contributed by atoms with Crippen LogP contribution in [0.25, 0.3) is 10.9 Å². The Kier molecular flexibility index (Phi) is 3.39. The number of alkyl halides is 3. The number of benzene rings is 1. The minimum atomic E-state index is -4.75. The maximum atomic E-state index is 13.1. The van der Waals surface area contributed by atoms with Gasteiger partial charge in [0.2, 0.25) is 0 Å². The zero-order valence-electron chi connectivity index (χ0n) is 11.7. The number of aromatic nitrogens is 1. The van der Waals surface area contributed by atoms with Crippen molar-refractivity contribution in [1.29, 1.82) is 0 Å². The molecule has 2 rings (SSSR count). The van der Waals surface area contributed by atoms with Crippen LogP contribution in [0.5, 0.6) is 5.75 Å². The summed E-state index contributed by atoms with van der Waals surface area (Å²) >= 11 is 0. The van der Waals surface area contributed by atoms with Gasteiger partial charge in [0.25, 0.3) is 0 Å². The zero-order valence-corrected chi connectivity index (χ0v) is 11.7. The first kappa shape index (κ1) is 15.2. The van der Waals surface area contributed by atoms with Gasteiger partial charge in [0, 0.05) is 5.39 Å². The zero-order chi connectivity index (χ0) is 16.0. The average Bonchev–Trinajstić information content (AvgIpc) is 2.67. The van der Waals surface area contributed by atoms with Gasteiger partial charge in [-0.25, -0.2) is 9.36 Å². The summed E-state index contributed by atoms with van der Waals surface area (Å²) in [7, 11) is 0. The Bertz CT molecular complexity index is 696. The molecule has 0 aliphatic heterocycles. The van der Waals surface area contributed by atoms with Gasteiger partial charge in [-0.2, -0.15) is 13.2 Å². The molecule has 0 radical (unpaired) electrons. The molecule has 0 saturated carbocycles. The lowest BCUT2D eigenvalue weighted by Crippen LogP contribution is -2.29. The first-order chi connectivity index (χ1) is 9.50. The summed E-state index contributed by atoms with van der Waals surface area (Å²) in [6.07, 6.45) is -5.89. The van der Waals surface area contributed by atoms with Crippen LogP contribution in [-0.4, -0.2) is 21.4 Å². The molecule has 2 aromatic rings. The van der Waals surface area contributed by atoms with Crippen LogP contribution in [-0.2, 0) is 10.9 Å². The van der Waals surface area contributed by atoms with Crippen molar-refractivity contribution in [3.63, 3.8) is 0 Å². The van der Waals surface area contributed by atoms with Crippen LogP contribution in [0, 0.1) is 0 Å². The van der Waals surface area contributed by atoms with Gasteiger partial charge in [0.1, 0.15) is 17.0 Å². The van der Waals surface area contributed by atoms with Gasteiger partial charge in [-0.3, -0.25) is 0 Å². The molecule has 114 valence electrons. The molecule has 1 N–H and O–H groups in total. The van der Waals surface area contributed by atoms with E-state index in [0.717, 1.165) is 6.07 Å². The van der Waals surface area contributed by atoms with E-state index in [-0.39, 0.29) is 16.7 Å². The number of hydrogen-bond donors (Lipinski definition) is 1. The van der Waals surface area contributed by atoms with E-state index in [1.165, 1.54) is 18.2 Å². The topological polar surface area (TPSA) is 51.5 Å². The number of phenolic OH excluding ortho intramolecular Hbond substituents is 1. The molecule has 0 spiro atoms. The van der Waals surface area contributed by atoms with Crippen LogP contribution in [0.2, 0.25) is 0 Å². The van der Waals surface area contributed by atoms with E-state index in [1.807, 2.05) is 0 Å². The molecule has 0 unspecified atom stereocenters. The Morgan fingerprint density at radius 3 is 2.38 bits per heavy atom. The highest BCUT2D eigenvalue weighted by molar-refractivity contribution is 5.94. The molecule has 0 aliphatic carbocycles. The van der Waals surface area contributed by atoms with E-state index in [1.54, 1.807) is 20.8 Å². The van der Waals surface area contributed by atoms with E-state index in [9.17, 15) is 23.1 Å². The maximum Gasteiger partial charge on any atom is 0.432 e. The molecule has 21 heavy (non-hydrogen) atoms. The van der Waals surface area contributed by atoms with Crippen molar-refractivity contribution in [2.75, 3.05) is 0 Å². The second-order valence-corrected chi connectivity index (χ2v) is 5.55. The lowest BCUT2D eigenvalue weighted by Gasteiger charge is -2.21. The predicted octanol–water partition coefficient (Wildman–Crippen LogP) is 4.15. The lowest BCUT2D eigenvalue weighted by atomic mass is 10.2. The number of rotatable bonds is 0. The van der Waals surface area contributed by atoms with Crippen LogP contribution < -0.4 is 0 Å². The third-order valence-corrected chi connectivity index (χ3v) is 2.69. The number of aromatic hydroxyl groups is 1. The monoisotopic (exact) mass is 301 g/mol. The van der Waals surface area contributed by atoms with Crippen molar-refractivity contribution >= 4 is 17.0 Å². The van der Waals surface area contributed by atoms with E-state index in [2.05, 4.69) is 0 Å². The molecule has 1 aromatic heterocycles. The summed E-state index contributed by atoms with van der Waals surface area (Å²) in [4.78, 5) is 12.1. The normalized spacial score (nSPS) is 12.7. The van der Waals surface area contributed by atoms with Gasteiger partial charge in [0.05, 0.1) is 5.52 Å². The summed E-state index contributed by atoms with van der Waals surface area (Å²) < 4.78 is 44.7. The van der Waals surface area contributed by atoms with Gasteiger partial charge < -0.3 is 9.84 Å². The number of phenols is 1. The molecule has 0 fully saturated rings. The van der Waals surface area contributed by atoms with E-state index in [0.29, 0.717) is 4.57 Å². The number of hydrogen-bond acceptors (Lipinski definition) is 3. The highest BCUT2D eigenvalue weighted by Gasteiger charge is 2.38. The van der Waals surface area contributed by atoms with E-state index < -0.39 is 23.6 Å². The fraction of sp³-hybridized carbons (Fsp3) is 0.357. The number of carbonyl (C=O) groups excluding carboxylic acids is 1. The summed E-state index contributed by atoms with van der Waals surface area (Å²) in [5.74, 6) is -0.333. The third kappa shape index (κ3) is 2.96. The molecule has 1 aromatic carbocycles. The van der Waals surface area contributed by atoms with E-state index >= 15 is 0 Å². The Hall–Kier alpha value is -2.18. The van der Waals surface area contributed by atoms with Crippen LogP contribution in [0.4, 0.5) is 18.0 Å². The quantitative estimate of drug-likeness (QED) is 0.795. The largest absolute Gasteiger partial charge is 0.507 e. The van der Waals surface area contributed by atoms with Crippen LogP contribution >= 0.6 is 0 Å². The van der Waals surface area contributed by atoms with Crippen molar-refractivity contribution in [2.24, 2.45) is 0 Å². The number of carbonyl (C=O) groups is 1. The molecular weight excluding hydrogens is 287 g/mol. The molecule has 0 bridgehead atoms. The Labute approximate surface area is 118 Å². The summed E-state index contributed by atoms with van der Waals surface area (Å²) in [6.45, 7) is 4.67. The minimum Gasteiger partial charge on any atom is -0.507 e. The first-order valence-electron chi connectivity index (χ1n) is 6.15. The molecule has 4 nitrogen and oxygen atoms in total. The molecule has 0 aliphatic rings. The van der Waals surface area contributed by atoms with Gasteiger partial charge in [-0.1, -0.05) is 6.07 Å². The smallest absolute Gasteiger partial charge is 0.432 e. The average molecular weight is 301 g/mol. The SMILES string of the molecule is CC(C)(C)OC(=O)n1c(C(F)(F)F)cc2c(O)cccc21. The van der Waals surface area contributed by atoms with Crippen LogP contribution in [0.3, 0.4) is 0 Å². The van der Waals surface area contributed by atoms with Crippen molar-refractivity contribution in [2.45, 2.75) is 32.5 Å². The van der Waals surface area contributed by atoms with E-state index in [4.69, 9.17) is 4.74 Å². The molecule has 0 amide bonds. The Morgan fingerprint density at radius 2 is 1.86 bits per heavy atom. The van der Waals surface area contributed by atoms with Crippen molar-refractivity contribution in [3.8, 4) is 5.75 Å². The number of halogens is 3. The molecule has 7 heteroatoms. The van der Waals surface area contributed by atoms with Crippen LogP contribution in [0.15, 0.2) is 24.3 Å². The number of fused-ring (bicyclic) bond motifs is 1. The Balaban J connectivity index is 2.70. The van der Waals surface area contributed by atoms with Crippen LogP contribution in [0.1, 0.15) is 26.5 Å². The third-order valence-electron chi connectivity index (χ3n) is 2.69. The summed E-state index contributed by atoms with van der Waals surface area (Å²) in [5, 5.41) is 9.60. The van der Waals surface area contributed by atoms with Crippen molar-refractivity contribution in [3.05, 3.63) is 30.0 Å². The lowest BCUT2D eigenvalue weighted by molar-refractivity contribution is -0.142. The molecule has 0 atom stereocenters. The first-order valence-corrected chi connectivity index (χ1v) is 6.15. The Morgan fingerprint density at radius 1 is 1.24 bits per heavy atom. The van der Waals surface area contributed by atoms with Gasteiger partial charge in [0.15, 0.2) is 0 Å². The maximum absolute atomic E-state index is 13.1. The fourth-order valence-electron chi connectivity index (χ4n) is 1.93.